The number of rotatable bonds is 5. The van der Waals surface area contributed by atoms with Crippen LogP contribution in [0.2, 0.25) is 0 Å². The van der Waals surface area contributed by atoms with Crippen LogP contribution >= 0.6 is 0 Å². The molecule has 0 bridgehead atoms. The van der Waals surface area contributed by atoms with Crippen molar-refractivity contribution in [3.05, 3.63) is 47.5 Å². The number of anilines is 2. The van der Waals surface area contributed by atoms with E-state index in [2.05, 4.69) is 10.6 Å². The smallest absolute Gasteiger partial charge is 0.262 e. The molecule has 2 aromatic carbocycles. The van der Waals surface area contributed by atoms with Gasteiger partial charge in [-0.05, 0) is 43.2 Å². The Balaban J connectivity index is 1.67. The summed E-state index contributed by atoms with van der Waals surface area (Å²) in [7, 11) is -3.67. The maximum absolute atomic E-state index is 12.5. The zero-order chi connectivity index (χ0) is 19.6. The molecule has 0 radical (unpaired) electrons. The largest absolute Gasteiger partial charge is 0.482 e. The van der Waals surface area contributed by atoms with Gasteiger partial charge in [-0.2, -0.15) is 0 Å². The topological polar surface area (TPSA) is 102 Å². The molecule has 8 heteroatoms. The van der Waals surface area contributed by atoms with Gasteiger partial charge in [0.15, 0.2) is 16.4 Å². The second kappa shape index (κ2) is 7.40. The quantitative estimate of drug-likeness (QED) is 0.819. The molecule has 7 nitrogen and oxygen atoms in total. The Hall–Kier alpha value is -2.87. The molecule has 1 aliphatic rings. The lowest BCUT2D eigenvalue weighted by Crippen LogP contribution is -2.25. The number of carbonyl (C=O) groups is 2. The normalized spacial score (nSPS) is 13.3. The molecule has 0 saturated carbocycles. The van der Waals surface area contributed by atoms with E-state index in [0.717, 1.165) is 11.1 Å². The van der Waals surface area contributed by atoms with E-state index in [0.29, 0.717) is 17.1 Å². The molecule has 2 aromatic rings. The van der Waals surface area contributed by atoms with Crippen LogP contribution < -0.4 is 15.4 Å². The third-order valence-corrected chi connectivity index (χ3v) is 6.14. The molecule has 2 amide bonds. The number of hydrogen-bond donors (Lipinski definition) is 2. The molecule has 1 heterocycles. The molecule has 0 atom stereocenters. The van der Waals surface area contributed by atoms with Crippen molar-refractivity contribution in [1.29, 1.82) is 0 Å². The zero-order valence-electron chi connectivity index (χ0n) is 15.0. The van der Waals surface area contributed by atoms with Crippen LogP contribution in [-0.2, 0) is 19.4 Å². The van der Waals surface area contributed by atoms with Crippen molar-refractivity contribution < 1.29 is 22.7 Å². The second-order valence-electron chi connectivity index (χ2n) is 6.36. The molecule has 0 aromatic heterocycles. The summed E-state index contributed by atoms with van der Waals surface area (Å²) in [4.78, 5) is 23.5. The van der Waals surface area contributed by atoms with E-state index in [1.165, 1.54) is 18.2 Å². The maximum atomic E-state index is 12.5. The van der Waals surface area contributed by atoms with Gasteiger partial charge in [0.1, 0.15) is 5.75 Å². The Morgan fingerprint density at radius 1 is 1.22 bits per heavy atom. The molecule has 1 aliphatic heterocycles. The van der Waals surface area contributed by atoms with Gasteiger partial charge < -0.3 is 15.4 Å². The highest BCUT2D eigenvalue weighted by atomic mass is 32.2. The highest BCUT2D eigenvalue weighted by molar-refractivity contribution is 7.91. The van der Waals surface area contributed by atoms with Crippen molar-refractivity contribution in [3.8, 4) is 5.75 Å². The minimum atomic E-state index is -3.67. The third-order valence-electron chi connectivity index (χ3n) is 4.42. The highest BCUT2D eigenvalue weighted by Crippen LogP contribution is 2.30. The van der Waals surface area contributed by atoms with Gasteiger partial charge in [-0.15, -0.1) is 0 Å². The van der Waals surface area contributed by atoms with E-state index in [-0.39, 0.29) is 35.5 Å². The number of nitrogens with one attached hydrogen (secondary N) is 2. The second-order valence-corrected chi connectivity index (χ2v) is 8.47. The fourth-order valence-corrected chi connectivity index (χ4v) is 3.94. The van der Waals surface area contributed by atoms with E-state index in [1.807, 2.05) is 26.0 Å². The van der Waals surface area contributed by atoms with Crippen molar-refractivity contribution in [2.24, 2.45) is 0 Å². The van der Waals surface area contributed by atoms with Crippen molar-refractivity contribution >= 4 is 33.0 Å². The number of sulfone groups is 1. The van der Waals surface area contributed by atoms with E-state index in [9.17, 15) is 18.0 Å². The molecular formula is C19H20N2O5S. The first-order valence-corrected chi connectivity index (χ1v) is 10.1. The molecule has 3 rings (SSSR count). The fraction of sp³-hybridized carbons (Fsp3) is 0.263. The first-order valence-electron chi connectivity index (χ1n) is 8.42. The number of benzene rings is 2. The predicted octanol–water partition coefficient (Wildman–Crippen LogP) is 2.44. The summed E-state index contributed by atoms with van der Waals surface area (Å²) in [6.45, 7) is 3.68. The molecule has 27 heavy (non-hydrogen) atoms. The van der Waals surface area contributed by atoms with Gasteiger partial charge in [-0.1, -0.05) is 12.1 Å². The molecule has 2 N–H and O–H groups in total. The van der Waals surface area contributed by atoms with Crippen LogP contribution in [-0.4, -0.2) is 32.6 Å². The first-order chi connectivity index (χ1) is 12.8. The van der Waals surface area contributed by atoms with Crippen LogP contribution in [0.15, 0.2) is 41.3 Å². The van der Waals surface area contributed by atoms with Gasteiger partial charge in [-0.25, -0.2) is 8.42 Å². The Morgan fingerprint density at radius 3 is 2.78 bits per heavy atom. The number of ether oxygens (including phenoxy) is 1. The SMILES string of the molecule is Cc1cccc(NC(=O)CCS(=O)(=O)c2ccc3c(c2)OCC(=O)N3)c1C. The number of amides is 2. The van der Waals surface area contributed by atoms with Gasteiger partial charge >= 0.3 is 0 Å². The zero-order valence-corrected chi connectivity index (χ0v) is 15.9. The van der Waals surface area contributed by atoms with Gasteiger partial charge in [0, 0.05) is 18.2 Å². The van der Waals surface area contributed by atoms with Crippen molar-refractivity contribution in [3.63, 3.8) is 0 Å². The highest BCUT2D eigenvalue weighted by Gasteiger charge is 2.22. The fourth-order valence-electron chi connectivity index (χ4n) is 2.69. The number of fused-ring (bicyclic) bond motifs is 1. The van der Waals surface area contributed by atoms with E-state index in [4.69, 9.17) is 4.74 Å². The van der Waals surface area contributed by atoms with E-state index < -0.39 is 9.84 Å². The summed E-state index contributed by atoms with van der Waals surface area (Å²) in [5.74, 6) is -0.681. The van der Waals surface area contributed by atoms with Crippen molar-refractivity contribution in [2.45, 2.75) is 25.2 Å². The monoisotopic (exact) mass is 388 g/mol. The average molecular weight is 388 g/mol. The Bertz CT molecular complexity index is 1010. The van der Waals surface area contributed by atoms with Gasteiger partial charge in [-0.3, -0.25) is 9.59 Å². The third kappa shape index (κ3) is 4.28. The number of carbonyl (C=O) groups excluding carboxylic acids is 2. The standard InChI is InChI=1S/C19H20N2O5S/c1-12-4-3-5-15(13(12)2)20-18(22)8-9-27(24,25)14-6-7-16-17(10-14)26-11-19(23)21-16/h3-7,10H,8-9,11H2,1-2H3,(H,20,22)(H,21,23). The first kappa shape index (κ1) is 18.9. The van der Waals surface area contributed by atoms with Crippen molar-refractivity contribution in [2.75, 3.05) is 23.0 Å². The van der Waals surface area contributed by atoms with Gasteiger partial charge in [0.25, 0.3) is 5.91 Å². The molecule has 0 spiro atoms. The van der Waals surface area contributed by atoms with E-state index >= 15 is 0 Å². The van der Waals surface area contributed by atoms with Crippen LogP contribution in [0.5, 0.6) is 5.75 Å². The van der Waals surface area contributed by atoms with Crippen LogP contribution in [0.4, 0.5) is 11.4 Å². The number of hydrogen-bond acceptors (Lipinski definition) is 5. The van der Waals surface area contributed by atoms with Crippen molar-refractivity contribution in [1.82, 2.24) is 0 Å². The maximum Gasteiger partial charge on any atom is 0.262 e. The van der Waals surface area contributed by atoms with Gasteiger partial charge in [0.2, 0.25) is 5.91 Å². The van der Waals surface area contributed by atoms with Crippen LogP contribution in [0, 0.1) is 13.8 Å². The lowest BCUT2D eigenvalue weighted by molar-refractivity contribution is -0.118. The van der Waals surface area contributed by atoms with E-state index in [1.54, 1.807) is 6.07 Å². The minimum Gasteiger partial charge on any atom is -0.482 e. The summed E-state index contributed by atoms with van der Waals surface area (Å²) < 4.78 is 30.3. The number of aryl methyl sites for hydroxylation is 1. The molecule has 0 fully saturated rings. The summed E-state index contributed by atoms with van der Waals surface area (Å²) in [6, 6.07) is 9.80. The molecular weight excluding hydrogens is 368 g/mol. The summed E-state index contributed by atoms with van der Waals surface area (Å²) in [5.41, 5.74) is 3.09. The molecule has 0 unspecified atom stereocenters. The molecule has 0 aliphatic carbocycles. The Morgan fingerprint density at radius 2 is 2.00 bits per heavy atom. The predicted molar refractivity (Wildman–Crippen MR) is 102 cm³/mol. The lowest BCUT2D eigenvalue weighted by Gasteiger charge is -2.18. The minimum absolute atomic E-state index is 0.0527. The lowest BCUT2D eigenvalue weighted by atomic mass is 10.1. The van der Waals surface area contributed by atoms with Crippen LogP contribution in [0.25, 0.3) is 0 Å². The van der Waals surface area contributed by atoms with Crippen LogP contribution in [0.1, 0.15) is 17.5 Å². The molecule has 0 saturated heterocycles. The summed E-state index contributed by atoms with van der Waals surface area (Å²) >= 11 is 0. The Kier molecular flexibility index (Phi) is 5.18. The average Bonchev–Trinajstić information content (AvgIpc) is 2.63. The Labute approximate surface area is 157 Å². The summed E-state index contributed by atoms with van der Waals surface area (Å²) in [5, 5.41) is 5.36. The summed E-state index contributed by atoms with van der Waals surface area (Å²) in [6.07, 6.45) is -0.162. The van der Waals surface area contributed by atoms with Gasteiger partial charge in [0.05, 0.1) is 16.3 Å². The molecule has 142 valence electrons. The van der Waals surface area contributed by atoms with Crippen LogP contribution in [0.3, 0.4) is 0 Å².